The van der Waals surface area contributed by atoms with Crippen LogP contribution in [0.4, 0.5) is 0 Å². The summed E-state index contributed by atoms with van der Waals surface area (Å²) in [6, 6.07) is 0. The molecule has 0 aromatic heterocycles. The van der Waals surface area contributed by atoms with Gasteiger partial charge in [0.25, 0.3) is 0 Å². The highest BCUT2D eigenvalue weighted by Crippen LogP contribution is 2.03. The number of aliphatic carboxylic acids is 1. The van der Waals surface area contributed by atoms with Gasteiger partial charge in [0.2, 0.25) is 5.76 Å². The number of hydrogen-bond acceptors (Lipinski definition) is 3. The van der Waals surface area contributed by atoms with Crippen LogP contribution in [0.3, 0.4) is 0 Å². The molecule has 0 atom stereocenters. The second-order valence-electron chi connectivity index (χ2n) is 1.49. The summed E-state index contributed by atoms with van der Waals surface area (Å²) < 4.78 is 0. The molecule has 0 saturated heterocycles. The maximum Gasteiger partial charge on any atom is 0.374 e. The summed E-state index contributed by atoms with van der Waals surface area (Å²) in [5, 5.41) is 11.6. The lowest BCUT2D eigenvalue weighted by atomic mass is 10.3. The molecule has 0 aromatic rings. The first-order valence-corrected chi connectivity index (χ1v) is 2.43. The van der Waals surface area contributed by atoms with E-state index in [1.807, 2.05) is 0 Å². The van der Waals surface area contributed by atoms with E-state index >= 15 is 0 Å². The van der Waals surface area contributed by atoms with Crippen molar-refractivity contribution in [3.05, 3.63) is 11.8 Å². The van der Waals surface area contributed by atoms with Gasteiger partial charge >= 0.3 is 5.97 Å². The first-order valence-electron chi connectivity index (χ1n) is 2.43. The van der Waals surface area contributed by atoms with E-state index in [4.69, 9.17) is 5.11 Å². The average molecular weight is 127 g/mol. The van der Waals surface area contributed by atoms with Gasteiger partial charge in [0.1, 0.15) is 0 Å². The van der Waals surface area contributed by atoms with Gasteiger partial charge in [-0.25, -0.2) is 4.79 Å². The molecule has 4 nitrogen and oxygen atoms in total. The maximum absolute atomic E-state index is 10.1. The van der Waals surface area contributed by atoms with Gasteiger partial charge in [0, 0.05) is 12.6 Å². The van der Waals surface area contributed by atoms with Crippen LogP contribution in [0.25, 0.3) is 0 Å². The van der Waals surface area contributed by atoms with Crippen molar-refractivity contribution in [2.24, 2.45) is 5.16 Å². The van der Waals surface area contributed by atoms with E-state index in [9.17, 15) is 4.79 Å². The van der Waals surface area contributed by atoms with E-state index in [1.165, 1.54) is 12.3 Å². The Bertz CT molecular complexity index is 183. The Morgan fingerprint density at radius 3 is 3.00 bits per heavy atom. The van der Waals surface area contributed by atoms with Gasteiger partial charge in [-0.1, -0.05) is 5.16 Å². The highest BCUT2D eigenvalue weighted by molar-refractivity contribution is 5.85. The van der Waals surface area contributed by atoms with Crippen LogP contribution < -0.4 is 0 Å². The molecule has 48 valence electrons. The molecule has 1 aliphatic heterocycles. The molecule has 9 heavy (non-hydrogen) atoms. The first kappa shape index (κ1) is 5.81. The number of allylic oxidation sites excluding steroid dienone is 1. The van der Waals surface area contributed by atoms with Gasteiger partial charge in [0.05, 0.1) is 0 Å². The Morgan fingerprint density at radius 1 is 1.89 bits per heavy atom. The number of rotatable bonds is 1. The third-order valence-corrected chi connectivity index (χ3v) is 0.845. The zero-order valence-corrected chi connectivity index (χ0v) is 4.57. The topological polar surface area (TPSA) is 58.9 Å². The van der Waals surface area contributed by atoms with Crippen molar-refractivity contribution in [1.82, 2.24) is 0 Å². The minimum absolute atomic E-state index is 0.0995. The molecule has 0 bridgehead atoms. The largest absolute Gasteiger partial charge is 0.475 e. The molecule has 4 heteroatoms. The average Bonchev–Trinajstić information content (AvgIpc) is 1.90. The van der Waals surface area contributed by atoms with Crippen LogP contribution in [0, 0.1) is 0 Å². The smallest absolute Gasteiger partial charge is 0.374 e. The minimum atomic E-state index is -1.08. The van der Waals surface area contributed by atoms with E-state index in [0.717, 1.165) is 0 Å². The Morgan fingerprint density at radius 2 is 2.67 bits per heavy atom. The monoisotopic (exact) mass is 127 g/mol. The third kappa shape index (κ3) is 1.28. The Balaban J connectivity index is 2.61. The summed E-state index contributed by atoms with van der Waals surface area (Å²) in [5.41, 5.74) is 0. The van der Waals surface area contributed by atoms with Crippen molar-refractivity contribution in [1.29, 1.82) is 0 Å². The zero-order valence-electron chi connectivity index (χ0n) is 4.57. The van der Waals surface area contributed by atoms with E-state index in [1.54, 1.807) is 0 Å². The van der Waals surface area contributed by atoms with E-state index in [0.29, 0.717) is 6.42 Å². The number of nitrogens with zero attached hydrogens (tertiary/aromatic N) is 1. The third-order valence-electron chi connectivity index (χ3n) is 0.845. The molecule has 0 spiro atoms. The van der Waals surface area contributed by atoms with Crippen LogP contribution in [-0.2, 0) is 9.63 Å². The minimum Gasteiger partial charge on any atom is -0.475 e. The summed E-state index contributed by atoms with van der Waals surface area (Å²) in [7, 11) is 0. The zero-order chi connectivity index (χ0) is 6.69. The van der Waals surface area contributed by atoms with Crippen LogP contribution in [0.1, 0.15) is 6.42 Å². The fourth-order valence-electron chi connectivity index (χ4n) is 0.460. The molecule has 0 radical (unpaired) electrons. The Hall–Kier alpha value is -1.32. The fourth-order valence-corrected chi connectivity index (χ4v) is 0.460. The van der Waals surface area contributed by atoms with Gasteiger partial charge < -0.3 is 9.94 Å². The highest BCUT2D eigenvalue weighted by atomic mass is 16.6. The number of carboxylic acids is 1. The SMILES string of the molecule is O=C(O)C1=CCC=NO1. The van der Waals surface area contributed by atoms with Gasteiger partial charge in [-0.15, -0.1) is 0 Å². The van der Waals surface area contributed by atoms with Gasteiger partial charge in [0.15, 0.2) is 0 Å². The van der Waals surface area contributed by atoms with Crippen LogP contribution in [0.5, 0.6) is 0 Å². The second kappa shape index (κ2) is 2.30. The number of hydrogen-bond donors (Lipinski definition) is 1. The first-order chi connectivity index (χ1) is 4.30. The number of carbonyl (C=O) groups is 1. The van der Waals surface area contributed by atoms with Crippen molar-refractivity contribution in [3.8, 4) is 0 Å². The molecule has 0 aromatic carbocycles. The molecule has 0 fully saturated rings. The number of carboxylic acid groups (broad SMARTS) is 1. The maximum atomic E-state index is 10.1. The highest BCUT2D eigenvalue weighted by Gasteiger charge is 2.09. The molecule has 1 rings (SSSR count). The summed E-state index contributed by atoms with van der Waals surface area (Å²) >= 11 is 0. The van der Waals surface area contributed by atoms with E-state index < -0.39 is 5.97 Å². The summed E-state index contributed by atoms with van der Waals surface area (Å²) in [6.45, 7) is 0. The molecule has 0 amide bonds. The van der Waals surface area contributed by atoms with Crippen molar-refractivity contribution >= 4 is 12.2 Å². The predicted octanol–water partition coefficient (Wildman–Crippen LogP) is 0.361. The van der Waals surface area contributed by atoms with Crippen molar-refractivity contribution < 1.29 is 14.7 Å². The Kier molecular flexibility index (Phi) is 1.48. The lowest BCUT2D eigenvalue weighted by Gasteiger charge is -2.00. The summed E-state index contributed by atoms with van der Waals surface area (Å²) in [6.07, 6.45) is 3.48. The quantitative estimate of drug-likeness (QED) is 0.553. The van der Waals surface area contributed by atoms with Gasteiger partial charge in [-0.05, 0) is 6.08 Å². The fraction of sp³-hybridized carbons (Fsp3) is 0.200. The molecule has 0 unspecified atom stereocenters. The molecular weight excluding hydrogens is 122 g/mol. The van der Waals surface area contributed by atoms with Gasteiger partial charge in [-0.3, -0.25) is 0 Å². The molecule has 1 N–H and O–H groups in total. The molecular formula is C5H5NO3. The molecule has 0 aliphatic carbocycles. The van der Waals surface area contributed by atoms with Gasteiger partial charge in [-0.2, -0.15) is 0 Å². The second-order valence-corrected chi connectivity index (χ2v) is 1.49. The van der Waals surface area contributed by atoms with Crippen LogP contribution >= 0.6 is 0 Å². The van der Waals surface area contributed by atoms with Crippen LogP contribution in [0.2, 0.25) is 0 Å². The predicted molar refractivity (Wildman–Crippen MR) is 29.9 cm³/mol. The van der Waals surface area contributed by atoms with Crippen molar-refractivity contribution in [2.45, 2.75) is 6.42 Å². The lowest BCUT2D eigenvalue weighted by molar-refractivity contribution is -0.136. The molecule has 1 aliphatic rings. The van der Waals surface area contributed by atoms with Crippen molar-refractivity contribution in [2.75, 3.05) is 0 Å². The van der Waals surface area contributed by atoms with E-state index in [-0.39, 0.29) is 5.76 Å². The molecule has 1 heterocycles. The van der Waals surface area contributed by atoms with E-state index in [2.05, 4.69) is 9.99 Å². The lowest BCUT2D eigenvalue weighted by Crippen LogP contribution is -2.04. The molecule has 0 saturated carbocycles. The van der Waals surface area contributed by atoms with Crippen molar-refractivity contribution in [3.63, 3.8) is 0 Å². The Labute approximate surface area is 51.4 Å². The summed E-state index contributed by atoms with van der Waals surface area (Å²) in [4.78, 5) is 14.5. The van der Waals surface area contributed by atoms with Crippen LogP contribution in [0.15, 0.2) is 17.0 Å². The summed E-state index contributed by atoms with van der Waals surface area (Å²) in [5.74, 6) is -1.18. The van der Waals surface area contributed by atoms with Crippen LogP contribution in [-0.4, -0.2) is 17.3 Å². The number of oxime groups is 1. The standard InChI is InChI=1S/C5H5NO3/c7-5(8)4-2-1-3-6-9-4/h2-3H,1H2,(H,7,8). The normalized spacial score (nSPS) is 16.2.